The molecule has 0 spiro atoms. The molecule has 0 saturated carbocycles. The second-order valence-corrected chi connectivity index (χ2v) is 11.8. The third-order valence-electron chi connectivity index (χ3n) is 8.51. The summed E-state index contributed by atoms with van der Waals surface area (Å²) in [6.07, 6.45) is 13.6. The van der Waals surface area contributed by atoms with Gasteiger partial charge in [-0.15, -0.1) is 0 Å². The predicted octanol–water partition coefficient (Wildman–Crippen LogP) is 7.94. The number of hydrogen-bond donors (Lipinski definition) is 0. The molecule has 1 fully saturated rings. The summed E-state index contributed by atoms with van der Waals surface area (Å²) in [6, 6.07) is 26.3. The molecule has 0 N–H and O–H groups in total. The fraction of sp³-hybridized carbons (Fsp3) is 0.436. The zero-order valence-corrected chi connectivity index (χ0v) is 27.0. The third kappa shape index (κ3) is 11.2. The topological polar surface area (TPSA) is 65.1 Å². The zero-order chi connectivity index (χ0) is 31.7. The minimum Gasteiger partial charge on any atom is -0.493 e. The van der Waals surface area contributed by atoms with Gasteiger partial charge in [-0.2, -0.15) is 0 Å². The maximum absolute atomic E-state index is 12.7. The lowest BCUT2D eigenvalue weighted by Crippen LogP contribution is -2.46. The Balaban J connectivity index is 1.39. The van der Waals surface area contributed by atoms with Crippen LogP contribution >= 0.6 is 0 Å². The summed E-state index contributed by atoms with van der Waals surface area (Å²) < 4.78 is 16.5. The molecule has 0 amide bonds. The van der Waals surface area contributed by atoms with Crippen LogP contribution < -0.4 is 4.74 Å². The van der Waals surface area contributed by atoms with Crippen molar-refractivity contribution in [2.24, 2.45) is 5.92 Å². The second kappa shape index (κ2) is 18.8. The van der Waals surface area contributed by atoms with Crippen molar-refractivity contribution in [3.8, 4) is 5.75 Å². The first-order chi connectivity index (χ1) is 22.1. The number of carbonyl (C=O) groups is 2. The van der Waals surface area contributed by atoms with Gasteiger partial charge < -0.3 is 14.2 Å². The highest BCUT2D eigenvalue weighted by Gasteiger charge is 2.29. The molecule has 0 aliphatic carbocycles. The first-order valence-corrected chi connectivity index (χ1v) is 16.6. The molecule has 6 heteroatoms. The SMILES string of the molecule is CCOC(=O)C1CCCCN1CCC(/C=C/c1ccccc1OCCCCCc1ccccc1)Cc1ccc(C(=O)OC)cc1. The number of para-hydroxylation sites is 1. The first kappa shape index (κ1) is 34.0. The van der Waals surface area contributed by atoms with Gasteiger partial charge in [0.1, 0.15) is 11.8 Å². The number of benzene rings is 3. The summed E-state index contributed by atoms with van der Waals surface area (Å²) in [5, 5.41) is 0. The lowest BCUT2D eigenvalue weighted by Gasteiger charge is -2.34. The van der Waals surface area contributed by atoms with E-state index in [0.29, 0.717) is 18.8 Å². The molecule has 2 unspecified atom stereocenters. The van der Waals surface area contributed by atoms with E-state index in [-0.39, 0.29) is 23.9 Å². The van der Waals surface area contributed by atoms with Crippen LogP contribution in [0.1, 0.15) is 78.9 Å². The van der Waals surface area contributed by atoms with Crippen LogP contribution in [0.25, 0.3) is 6.08 Å². The molecule has 1 saturated heterocycles. The van der Waals surface area contributed by atoms with E-state index in [2.05, 4.69) is 53.5 Å². The molecule has 1 aliphatic heterocycles. The molecule has 2 atom stereocenters. The molecular formula is C39H49NO5. The van der Waals surface area contributed by atoms with Crippen LogP contribution in [0.5, 0.6) is 5.75 Å². The van der Waals surface area contributed by atoms with Crippen molar-refractivity contribution in [3.63, 3.8) is 0 Å². The summed E-state index contributed by atoms with van der Waals surface area (Å²) in [6.45, 7) is 4.70. The number of likely N-dealkylation sites (tertiary alicyclic amines) is 1. The van der Waals surface area contributed by atoms with Gasteiger partial charge in [0.15, 0.2) is 0 Å². The van der Waals surface area contributed by atoms with Crippen LogP contribution in [0.15, 0.2) is 84.9 Å². The number of rotatable bonds is 17. The van der Waals surface area contributed by atoms with Gasteiger partial charge in [-0.1, -0.05) is 79.2 Å². The number of nitrogens with zero attached hydrogens (tertiary/aromatic N) is 1. The molecule has 0 bridgehead atoms. The number of piperidine rings is 1. The molecule has 3 aromatic rings. The maximum Gasteiger partial charge on any atom is 0.337 e. The Kier molecular flexibility index (Phi) is 14.2. The Bertz CT molecular complexity index is 1340. The fourth-order valence-corrected chi connectivity index (χ4v) is 5.98. The number of carbonyl (C=O) groups excluding carboxylic acids is 2. The lowest BCUT2D eigenvalue weighted by atomic mass is 9.93. The maximum atomic E-state index is 12.7. The van der Waals surface area contributed by atoms with E-state index in [1.54, 1.807) is 0 Å². The third-order valence-corrected chi connectivity index (χ3v) is 8.51. The Morgan fingerprint density at radius 1 is 0.911 bits per heavy atom. The number of esters is 2. The van der Waals surface area contributed by atoms with E-state index in [1.807, 2.05) is 49.4 Å². The highest BCUT2D eigenvalue weighted by Crippen LogP contribution is 2.25. The molecule has 1 aliphatic rings. The van der Waals surface area contributed by atoms with Crippen molar-refractivity contribution in [1.82, 2.24) is 4.90 Å². The summed E-state index contributed by atoms with van der Waals surface area (Å²) in [4.78, 5) is 26.9. The largest absolute Gasteiger partial charge is 0.493 e. The number of methoxy groups -OCH3 is 1. The van der Waals surface area contributed by atoms with Crippen LogP contribution in [0.4, 0.5) is 0 Å². The van der Waals surface area contributed by atoms with Crippen molar-refractivity contribution in [3.05, 3.63) is 107 Å². The van der Waals surface area contributed by atoms with Crippen molar-refractivity contribution in [2.75, 3.05) is 33.4 Å². The summed E-state index contributed by atoms with van der Waals surface area (Å²) in [7, 11) is 1.40. The van der Waals surface area contributed by atoms with Crippen LogP contribution in [-0.4, -0.2) is 56.3 Å². The van der Waals surface area contributed by atoms with E-state index in [1.165, 1.54) is 12.7 Å². The van der Waals surface area contributed by atoms with Crippen molar-refractivity contribution in [2.45, 2.75) is 70.8 Å². The van der Waals surface area contributed by atoms with E-state index in [4.69, 9.17) is 14.2 Å². The number of aryl methyl sites for hydroxylation is 1. The van der Waals surface area contributed by atoms with Gasteiger partial charge in [0.2, 0.25) is 0 Å². The van der Waals surface area contributed by atoms with Gasteiger partial charge in [-0.05, 0) is 107 Å². The Hall–Kier alpha value is -3.90. The molecular weight excluding hydrogens is 562 g/mol. The monoisotopic (exact) mass is 611 g/mol. The summed E-state index contributed by atoms with van der Waals surface area (Å²) in [5.41, 5.74) is 4.15. The van der Waals surface area contributed by atoms with E-state index < -0.39 is 0 Å². The van der Waals surface area contributed by atoms with E-state index in [9.17, 15) is 9.59 Å². The smallest absolute Gasteiger partial charge is 0.337 e. The second-order valence-electron chi connectivity index (χ2n) is 11.8. The predicted molar refractivity (Wildman–Crippen MR) is 180 cm³/mol. The number of hydrogen-bond acceptors (Lipinski definition) is 6. The van der Waals surface area contributed by atoms with E-state index >= 15 is 0 Å². The van der Waals surface area contributed by atoms with Crippen LogP contribution in [-0.2, 0) is 27.1 Å². The standard InChI is InChI=1S/C39H49NO5/c1-3-44-39(42)36-18-11-12-27-40(36)28-26-33(30-32-21-24-35(25-22-32)38(41)43-2)20-23-34-17-9-10-19-37(34)45-29-13-5-8-16-31-14-6-4-7-15-31/h4,6-7,9-10,14-15,17,19-25,33,36H,3,5,8,11-13,16,18,26-30H2,1-2H3/b23-20+. The van der Waals surface area contributed by atoms with Gasteiger partial charge in [0.25, 0.3) is 0 Å². The van der Waals surface area contributed by atoms with Crippen molar-refractivity contribution in [1.29, 1.82) is 0 Å². The van der Waals surface area contributed by atoms with Crippen molar-refractivity contribution < 1.29 is 23.8 Å². The summed E-state index contributed by atoms with van der Waals surface area (Å²) in [5.74, 6) is 0.691. The molecule has 0 aromatic heterocycles. The highest BCUT2D eigenvalue weighted by atomic mass is 16.5. The number of unbranched alkanes of at least 4 members (excludes halogenated alkanes) is 2. The van der Waals surface area contributed by atoms with E-state index in [0.717, 1.165) is 87.8 Å². The quantitative estimate of drug-likeness (QED) is 0.114. The van der Waals surface area contributed by atoms with Crippen LogP contribution in [0, 0.1) is 5.92 Å². The Morgan fingerprint density at radius 3 is 2.47 bits per heavy atom. The average molecular weight is 612 g/mol. The Morgan fingerprint density at radius 2 is 1.69 bits per heavy atom. The molecule has 1 heterocycles. The van der Waals surface area contributed by atoms with Gasteiger partial charge in [-0.3, -0.25) is 9.69 Å². The minimum atomic E-state index is -0.332. The van der Waals surface area contributed by atoms with Crippen LogP contribution in [0.3, 0.4) is 0 Å². The molecule has 6 nitrogen and oxygen atoms in total. The minimum absolute atomic E-state index is 0.103. The summed E-state index contributed by atoms with van der Waals surface area (Å²) >= 11 is 0. The lowest BCUT2D eigenvalue weighted by molar-refractivity contribution is -0.151. The van der Waals surface area contributed by atoms with Gasteiger partial charge in [-0.25, -0.2) is 4.79 Å². The normalized spacial score (nSPS) is 15.9. The average Bonchev–Trinajstić information content (AvgIpc) is 3.08. The molecule has 45 heavy (non-hydrogen) atoms. The zero-order valence-electron chi connectivity index (χ0n) is 27.0. The molecule has 240 valence electrons. The molecule has 4 rings (SSSR count). The van der Waals surface area contributed by atoms with Gasteiger partial charge >= 0.3 is 11.9 Å². The van der Waals surface area contributed by atoms with Crippen molar-refractivity contribution >= 4 is 18.0 Å². The highest BCUT2D eigenvalue weighted by molar-refractivity contribution is 5.89. The molecule has 3 aromatic carbocycles. The van der Waals surface area contributed by atoms with Crippen LogP contribution in [0.2, 0.25) is 0 Å². The fourth-order valence-electron chi connectivity index (χ4n) is 5.98. The first-order valence-electron chi connectivity index (χ1n) is 16.6. The van der Waals surface area contributed by atoms with Gasteiger partial charge in [0.05, 0.1) is 25.9 Å². The number of allylic oxidation sites excluding steroid dienone is 1. The molecule has 0 radical (unpaired) electrons. The number of ether oxygens (including phenoxy) is 3. The Labute approximate surface area is 269 Å². The van der Waals surface area contributed by atoms with Gasteiger partial charge in [0, 0.05) is 5.56 Å².